The summed E-state index contributed by atoms with van der Waals surface area (Å²) in [6.45, 7) is 0. The molecule has 22 heavy (non-hydrogen) atoms. The van der Waals surface area contributed by atoms with E-state index in [0.717, 1.165) is 48.4 Å². The van der Waals surface area contributed by atoms with E-state index in [-0.39, 0.29) is 18.2 Å². The van der Waals surface area contributed by atoms with Crippen LogP contribution in [-0.2, 0) is 19.3 Å². The molecule has 0 saturated carbocycles. The highest BCUT2D eigenvalue weighted by molar-refractivity contribution is 5.97. The van der Waals surface area contributed by atoms with Crippen molar-refractivity contribution in [3.63, 3.8) is 0 Å². The number of nitrogens with zero attached hydrogens (tertiary/aromatic N) is 1. The van der Waals surface area contributed by atoms with Crippen LogP contribution in [0.5, 0.6) is 5.75 Å². The van der Waals surface area contributed by atoms with Crippen LogP contribution in [0.15, 0.2) is 36.4 Å². The predicted molar refractivity (Wildman–Crippen MR) is 89.2 cm³/mol. The minimum Gasteiger partial charge on any atom is -0.496 e. The van der Waals surface area contributed by atoms with Gasteiger partial charge in [0.25, 0.3) is 0 Å². The summed E-state index contributed by atoms with van der Waals surface area (Å²) < 4.78 is 5.37. The average molecular weight is 318 g/mol. The van der Waals surface area contributed by atoms with Crippen LogP contribution in [0.4, 0.5) is 0 Å². The Morgan fingerprint density at radius 2 is 1.91 bits per heavy atom. The number of para-hydroxylation sites is 1. The van der Waals surface area contributed by atoms with E-state index in [9.17, 15) is 4.79 Å². The topological polar surface area (TPSA) is 39.2 Å². The number of carbonyl (C=O) groups is 1. The van der Waals surface area contributed by atoms with E-state index in [1.165, 1.54) is 5.56 Å². The lowest BCUT2D eigenvalue weighted by Gasteiger charge is -2.14. The van der Waals surface area contributed by atoms with E-state index >= 15 is 0 Å². The second-order valence-electron chi connectivity index (χ2n) is 5.39. The zero-order valence-electron chi connectivity index (χ0n) is 12.7. The zero-order chi connectivity index (χ0) is 14.7. The first kappa shape index (κ1) is 16.5. The standard InChI is InChI=1S/C18H19NO2.ClH/c1-21-18-8-3-2-5-13(18)9-10-14-11-12-15-16(19-14)6-4-7-17(15)20;/h2-3,5,8,11-12H,4,6-7,9-10H2,1H3;1H. The third-order valence-electron chi connectivity index (χ3n) is 3.99. The number of aryl methyl sites for hydroxylation is 3. The normalized spacial score (nSPS) is 13.2. The van der Waals surface area contributed by atoms with E-state index in [2.05, 4.69) is 11.1 Å². The van der Waals surface area contributed by atoms with Gasteiger partial charge in [0.15, 0.2) is 5.78 Å². The maximum absolute atomic E-state index is 11.8. The number of fused-ring (bicyclic) bond motifs is 1. The Kier molecular flexibility index (Phi) is 5.56. The fourth-order valence-corrected chi connectivity index (χ4v) is 2.85. The summed E-state index contributed by atoms with van der Waals surface area (Å²) in [5.74, 6) is 1.16. The summed E-state index contributed by atoms with van der Waals surface area (Å²) >= 11 is 0. The van der Waals surface area contributed by atoms with Gasteiger partial charge in [0.1, 0.15) is 5.75 Å². The molecule has 0 fully saturated rings. The number of ketones is 1. The Hall–Kier alpha value is -1.87. The Bertz CT molecular complexity index is 670. The molecule has 0 amide bonds. The number of carbonyl (C=O) groups excluding carboxylic acids is 1. The van der Waals surface area contributed by atoms with Crippen LogP contribution in [0.1, 0.15) is 40.2 Å². The molecule has 0 bridgehead atoms. The highest BCUT2D eigenvalue weighted by Gasteiger charge is 2.18. The van der Waals surface area contributed by atoms with Crippen LogP contribution >= 0.6 is 12.4 Å². The maximum atomic E-state index is 11.8. The van der Waals surface area contributed by atoms with Gasteiger partial charge in [0.2, 0.25) is 0 Å². The van der Waals surface area contributed by atoms with Crippen molar-refractivity contribution in [3.8, 4) is 5.75 Å². The summed E-state index contributed by atoms with van der Waals surface area (Å²) in [5.41, 5.74) is 4.04. The first-order valence-electron chi connectivity index (χ1n) is 7.42. The van der Waals surface area contributed by atoms with Crippen LogP contribution in [0.2, 0.25) is 0 Å². The smallest absolute Gasteiger partial charge is 0.164 e. The molecule has 2 aromatic rings. The van der Waals surface area contributed by atoms with Crippen molar-refractivity contribution < 1.29 is 9.53 Å². The largest absolute Gasteiger partial charge is 0.496 e. The van der Waals surface area contributed by atoms with Crippen LogP contribution in [0, 0.1) is 0 Å². The number of methoxy groups -OCH3 is 1. The average Bonchev–Trinajstić information content (AvgIpc) is 2.53. The van der Waals surface area contributed by atoms with E-state index in [1.807, 2.05) is 30.3 Å². The van der Waals surface area contributed by atoms with Crippen molar-refractivity contribution in [1.29, 1.82) is 0 Å². The molecule has 4 heteroatoms. The van der Waals surface area contributed by atoms with Crippen molar-refractivity contribution in [2.45, 2.75) is 32.1 Å². The number of aromatic nitrogens is 1. The molecular formula is C18H20ClNO2. The number of ether oxygens (including phenoxy) is 1. The first-order chi connectivity index (χ1) is 10.3. The molecular weight excluding hydrogens is 298 g/mol. The van der Waals surface area contributed by atoms with Gasteiger partial charge in [0.05, 0.1) is 12.8 Å². The first-order valence-corrected chi connectivity index (χ1v) is 7.42. The van der Waals surface area contributed by atoms with Gasteiger partial charge in [0, 0.05) is 17.7 Å². The molecule has 1 heterocycles. The van der Waals surface area contributed by atoms with Gasteiger partial charge in [-0.2, -0.15) is 0 Å². The minimum atomic E-state index is 0. The molecule has 116 valence electrons. The second kappa shape index (κ2) is 7.41. The van der Waals surface area contributed by atoms with Crippen molar-refractivity contribution in [2.75, 3.05) is 7.11 Å². The third-order valence-corrected chi connectivity index (χ3v) is 3.99. The van der Waals surface area contributed by atoms with Gasteiger partial charge in [-0.25, -0.2) is 0 Å². The summed E-state index contributed by atoms with van der Waals surface area (Å²) in [5, 5.41) is 0. The van der Waals surface area contributed by atoms with Crippen molar-refractivity contribution in [1.82, 2.24) is 4.98 Å². The number of hydrogen-bond acceptors (Lipinski definition) is 3. The molecule has 3 rings (SSSR count). The quantitative estimate of drug-likeness (QED) is 0.860. The number of Topliss-reactive ketones (excluding diaryl/α,β-unsaturated/α-hetero) is 1. The highest BCUT2D eigenvalue weighted by atomic mass is 35.5. The van der Waals surface area contributed by atoms with E-state index < -0.39 is 0 Å². The monoisotopic (exact) mass is 317 g/mol. The summed E-state index contributed by atoms with van der Waals surface area (Å²) in [6, 6.07) is 12.0. The Labute approximate surface area is 137 Å². The summed E-state index contributed by atoms with van der Waals surface area (Å²) in [6.07, 6.45) is 4.26. The maximum Gasteiger partial charge on any atom is 0.164 e. The van der Waals surface area contributed by atoms with Gasteiger partial charge in [-0.3, -0.25) is 9.78 Å². The summed E-state index contributed by atoms with van der Waals surface area (Å²) in [4.78, 5) is 16.5. The molecule has 0 atom stereocenters. The van der Waals surface area contributed by atoms with Crippen molar-refractivity contribution in [3.05, 3.63) is 58.9 Å². The molecule has 1 aliphatic carbocycles. The molecule has 0 unspecified atom stereocenters. The van der Waals surface area contributed by atoms with E-state index in [0.29, 0.717) is 6.42 Å². The van der Waals surface area contributed by atoms with Gasteiger partial charge < -0.3 is 4.74 Å². The number of pyridine rings is 1. The number of benzene rings is 1. The summed E-state index contributed by atoms with van der Waals surface area (Å²) in [7, 11) is 1.70. The molecule has 1 aromatic heterocycles. The Balaban J connectivity index is 0.00000176. The van der Waals surface area contributed by atoms with E-state index in [4.69, 9.17) is 4.74 Å². The molecule has 0 spiro atoms. The molecule has 1 aliphatic rings. The number of rotatable bonds is 4. The fraction of sp³-hybridized carbons (Fsp3) is 0.333. The van der Waals surface area contributed by atoms with Gasteiger partial charge in [-0.05, 0) is 49.4 Å². The lowest BCUT2D eigenvalue weighted by atomic mass is 9.94. The Morgan fingerprint density at radius 3 is 2.73 bits per heavy atom. The predicted octanol–water partition coefficient (Wildman–Crippen LogP) is 3.82. The zero-order valence-corrected chi connectivity index (χ0v) is 13.5. The molecule has 0 saturated heterocycles. The lowest BCUT2D eigenvalue weighted by Crippen LogP contribution is -2.13. The number of halogens is 1. The van der Waals surface area contributed by atoms with Crippen LogP contribution in [0.3, 0.4) is 0 Å². The van der Waals surface area contributed by atoms with Gasteiger partial charge in [-0.1, -0.05) is 18.2 Å². The fourth-order valence-electron chi connectivity index (χ4n) is 2.85. The van der Waals surface area contributed by atoms with Crippen molar-refractivity contribution >= 4 is 18.2 Å². The van der Waals surface area contributed by atoms with Crippen LogP contribution in [-0.4, -0.2) is 17.9 Å². The highest BCUT2D eigenvalue weighted by Crippen LogP contribution is 2.22. The molecule has 0 N–H and O–H groups in total. The van der Waals surface area contributed by atoms with Crippen LogP contribution in [0.25, 0.3) is 0 Å². The van der Waals surface area contributed by atoms with E-state index in [1.54, 1.807) is 7.11 Å². The van der Waals surface area contributed by atoms with Crippen molar-refractivity contribution in [2.24, 2.45) is 0 Å². The SMILES string of the molecule is COc1ccccc1CCc1ccc2c(n1)CCCC2=O.Cl. The molecule has 1 aromatic carbocycles. The Morgan fingerprint density at radius 1 is 1.09 bits per heavy atom. The third kappa shape index (κ3) is 3.47. The van der Waals surface area contributed by atoms with Gasteiger partial charge in [-0.15, -0.1) is 12.4 Å². The number of hydrogen-bond donors (Lipinski definition) is 0. The molecule has 0 aliphatic heterocycles. The van der Waals surface area contributed by atoms with Crippen LogP contribution < -0.4 is 4.74 Å². The molecule has 3 nitrogen and oxygen atoms in total. The molecule has 0 radical (unpaired) electrons. The lowest BCUT2D eigenvalue weighted by molar-refractivity contribution is 0.0971. The minimum absolute atomic E-state index is 0. The van der Waals surface area contributed by atoms with Gasteiger partial charge >= 0.3 is 0 Å². The second-order valence-corrected chi connectivity index (χ2v) is 5.39.